The number of nitrogens with two attached hydrogens (primary N) is 1. The average molecular weight is 256 g/mol. The van der Waals surface area contributed by atoms with Crippen LogP contribution in [-0.4, -0.2) is 42.6 Å². The molecular formula is C15H20N4. The molecule has 0 bridgehead atoms. The maximum Gasteiger partial charge on any atom is 0.0463 e. The number of anilines is 2. The van der Waals surface area contributed by atoms with Crippen LogP contribution in [0.5, 0.6) is 0 Å². The van der Waals surface area contributed by atoms with Gasteiger partial charge in [-0.25, -0.2) is 0 Å². The van der Waals surface area contributed by atoms with Crippen molar-refractivity contribution in [3.63, 3.8) is 0 Å². The minimum absolute atomic E-state index is 0.827. The normalized spacial score (nSPS) is 17.0. The lowest BCUT2D eigenvalue weighted by Crippen LogP contribution is -2.46. The number of fused-ring (bicyclic) bond motifs is 1. The molecule has 1 aliphatic heterocycles. The maximum absolute atomic E-state index is 6.04. The van der Waals surface area contributed by atoms with Crippen LogP contribution in [0.2, 0.25) is 0 Å². The molecule has 2 aromatic rings. The fourth-order valence-electron chi connectivity index (χ4n) is 2.78. The average Bonchev–Trinajstić information content (AvgIpc) is 2.48. The van der Waals surface area contributed by atoms with Gasteiger partial charge in [-0.2, -0.15) is 0 Å². The molecule has 0 spiro atoms. The van der Waals surface area contributed by atoms with E-state index in [0.717, 1.165) is 49.2 Å². The van der Waals surface area contributed by atoms with Gasteiger partial charge < -0.3 is 15.5 Å². The van der Waals surface area contributed by atoms with Crippen LogP contribution in [0.1, 0.15) is 6.92 Å². The Morgan fingerprint density at radius 2 is 1.89 bits per heavy atom. The molecule has 0 amide bonds. The van der Waals surface area contributed by atoms with E-state index >= 15 is 0 Å². The zero-order valence-electron chi connectivity index (χ0n) is 11.3. The Hall–Kier alpha value is -1.81. The Morgan fingerprint density at radius 1 is 1.11 bits per heavy atom. The number of piperazine rings is 1. The molecule has 4 nitrogen and oxygen atoms in total. The first-order chi connectivity index (χ1) is 9.29. The van der Waals surface area contributed by atoms with Gasteiger partial charge in [-0.05, 0) is 24.7 Å². The first-order valence-corrected chi connectivity index (χ1v) is 6.89. The summed E-state index contributed by atoms with van der Waals surface area (Å²) in [4.78, 5) is 9.17. The summed E-state index contributed by atoms with van der Waals surface area (Å²) in [5.41, 5.74) is 8.13. The van der Waals surface area contributed by atoms with Gasteiger partial charge in [0.2, 0.25) is 0 Å². The molecule has 1 aromatic carbocycles. The van der Waals surface area contributed by atoms with E-state index in [1.807, 2.05) is 18.3 Å². The number of hydrogen-bond donors (Lipinski definition) is 1. The second-order valence-electron chi connectivity index (χ2n) is 5.02. The van der Waals surface area contributed by atoms with Crippen molar-refractivity contribution in [2.24, 2.45) is 0 Å². The Morgan fingerprint density at radius 3 is 2.63 bits per heavy atom. The van der Waals surface area contributed by atoms with E-state index in [9.17, 15) is 0 Å². The summed E-state index contributed by atoms with van der Waals surface area (Å²) in [6, 6.07) is 6.13. The zero-order chi connectivity index (χ0) is 13.2. The Labute approximate surface area is 113 Å². The summed E-state index contributed by atoms with van der Waals surface area (Å²) < 4.78 is 0. The number of benzene rings is 1. The molecule has 3 rings (SSSR count). The molecule has 2 heterocycles. The van der Waals surface area contributed by atoms with E-state index in [1.165, 1.54) is 5.69 Å². The first-order valence-electron chi connectivity index (χ1n) is 6.89. The highest BCUT2D eigenvalue weighted by Gasteiger charge is 2.17. The molecule has 1 aromatic heterocycles. The number of pyridine rings is 1. The van der Waals surface area contributed by atoms with Gasteiger partial charge in [0.15, 0.2) is 0 Å². The van der Waals surface area contributed by atoms with Crippen LogP contribution in [0.15, 0.2) is 30.6 Å². The van der Waals surface area contributed by atoms with Crippen molar-refractivity contribution < 1.29 is 0 Å². The maximum atomic E-state index is 6.04. The standard InChI is InChI=1S/C15H20N4/c1-2-18-7-9-19(10-8-18)15-4-3-14(16)12-5-6-17-11-13(12)15/h3-6,11H,2,7-10,16H2,1H3. The summed E-state index contributed by atoms with van der Waals surface area (Å²) in [6.45, 7) is 7.75. The number of hydrogen-bond acceptors (Lipinski definition) is 4. The highest BCUT2D eigenvalue weighted by Crippen LogP contribution is 2.30. The van der Waals surface area contributed by atoms with Crippen molar-refractivity contribution >= 4 is 22.1 Å². The van der Waals surface area contributed by atoms with Gasteiger partial charge in [-0.15, -0.1) is 0 Å². The van der Waals surface area contributed by atoms with Crippen LogP contribution in [0.3, 0.4) is 0 Å². The molecule has 2 N–H and O–H groups in total. The minimum Gasteiger partial charge on any atom is -0.398 e. The van der Waals surface area contributed by atoms with Gasteiger partial charge in [0.1, 0.15) is 0 Å². The predicted octanol–water partition coefficient (Wildman–Crippen LogP) is 1.96. The molecular weight excluding hydrogens is 236 g/mol. The summed E-state index contributed by atoms with van der Waals surface area (Å²) in [6.07, 6.45) is 3.73. The van der Waals surface area contributed by atoms with Gasteiger partial charge in [0.05, 0.1) is 0 Å². The second-order valence-corrected chi connectivity index (χ2v) is 5.02. The van der Waals surface area contributed by atoms with Gasteiger partial charge in [0.25, 0.3) is 0 Å². The van der Waals surface area contributed by atoms with Crippen molar-refractivity contribution in [1.29, 1.82) is 0 Å². The highest BCUT2D eigenvalue weighted by molar-refractivity contribution is 6.00. The fourth-order valence-corrected chi connectivity index (χ4v) is 2.78. The predicted molar refractivity (Wildman–Crippen MR) is 80.5 cm³/mol. The third-order valence-corrected chi connectivity index (χ3v) is 3.99. The quantitative estimate of drug-likeness (QED) is 0.834. The van der Waals surface area contributed by atoms with Gasteiger partial charge in [-0.1, -0.05) is 6.92 Å². The van der Waals surface area contributed by atoms with Crippen LogP contribution in [-0.2, 0) is 0 Å². The molecule has 19 heavy (non-hydrogen) atoms. The van der Waals surface area contributed by atoms with Crippen molar-refractivity contribution in [2.75, 3.05) is 43.4 Å². The molecule has 0 unspecified atom stereocenters. The molecule has 1 fully saturated rings. The van der Waals surface area contributed by atoms with Crippen LogP contribution in [0, 0.1) is 0 Å². The molecule has 4 heteroatoms. The number of rotatable bonds is 2. The minimum atomic E-state index is 0.827. The van der Waals surface area contributed by atoms with E-state index in [4.69, 9.17) is 5.73 Å². The smallest absolute Gasteiger partial charge is 0.0463 e. The SMILES string of the molecule is CCN1CCN(c2ccc(N)c3ccncc23)CC1. The van der Waals surface area contributed by atoms with Crippen LogP contribution < -0.4 is 10.6 Å². The van der Waals surface area contributed by atoms with E-state index in [-0.39, 0.29) is 0 Å². The molecule has 0 aliphatic carbocycles. The Kier molecular flexibility index (Phi) is 3.25. The van der Waals surface area contributed by atoms with Crippen LogP contribution in [0.4, 0.5) is 11.4 Å². The van der Waals surface area contributed by atoms with E-state index in [0.29, 0.717) is 0 Å². The molecule has 0 atom stereocenters. The molecule has 100 valence electrons. The topological polar surface area (TPSA) is 45.4 Å². The molecule has 0 saturated carbocycles. The molecule has 1 saturated heterocycles. The van der Waals surface area contributed by atoms with Gasteiger partial charge in [-0.3, -0.25) is 4.98 Å². The fraction of sp³-hybridized carbons (Fsp3) is 0.400. The molecule has 1 aliphatic rings. The summed E-state index contributed by atoms with van der Waals surface area (Å²) in [5, 5.41) is 2.26. The number of aromatic nitrogens is 1. The lowest BCUT2D eigenvalue weighted by atomic mass is 10.1. The monoisotopic (exact) mass is 256 g/mol. The van der Waals surface area contributed by atoms with Crippen LogP contribution >= 0.6 is 0 Å². The Bertz CT molecular complexity index is 573. The Balaban J connectivity index is 1.95. The largest absolute Gasteiger partial charge is 0.398 e. The van der Waals surface area contributed by atoms with Crippen LogP contribution in [0.25, 0.3) is 10.8 Å². The summed E-state index contributed by atoms with van der Waals surface area (Å²) >= 11 is 0. The van der Waals surface area contributed by atoms with E-state index < -0.39 is 0 Å². The second kappa shape index (κ2) is 5.05. The van der Waals surface area contributed by atoms with Crippen molar-refractivity contribution in [3.8, 4) is 0 Å². The lowest BCUT2D eigenvalue weighted by Gasteiger charge is -2.36. The summed E-state index contributed by atoms with van der Waals surface area (Å²) in [5.74, 6) is 0. The van der Waals surface area contributed by atoms with E-state index in [1.54, 1.807) is 6.20 Å². The zero-order valence-corrected chi connectivity index (χ0v) is 11.3. The van der Waals surface area contributed by atoms with Gasteiger partial charge in [0, 0.05) is 60.7 Å². The van der Waals surface area contributed by atoms with Crippen molar-refractivity contribution in [3.05, 3.63) is 30.6 Å². The highest BCUT2D eigenvalue weighted by atomic mass is 15.3. The lowest BCUT2D eigenvalue weighted by molar-refractivity contribution is 0.271. The number of likely N-dealkylation sites (N-methyl/N-ethyl adjacent to an activating group) is 1. The third kappa shape index (κ3) is 2.24. The number of nitrogens with zero attached hydrogens (tertiary/aromatic N) is 3. The molecule has 0 radical (unpaired) electrons. The van der Waals surface area contributed by atoms with Gasteiger partial charge >= 0.3 is 0 Å². The first kappa shape index (κ1) is 12.2. The van der Waals surface area contributed by atoms with E-state index in [2.05, 4.69) is 27.8 Å². The number of nitrogen functional groups attached to an aromatic ring is 1. The van der Waals surface area contributed by atoms with Crippen molar-refractivity contribution in [2.45, 2.75) is 6.92 Å². The third-order valence-electron chi connectivity index (χ3n) is 3.99. The van der Waals surface area contributed by atoms with Crippen molar-refractivity contribution in [1.82, 2.24) is 9.88 Å². The summed E-state index contributed by atoms with van der Waals surface area (Å²) in [7, 11) is 0.